The lowest BCUT2D eigenvalue weighted by atomic mass is 9.99. The van der Waals surface area contributed by atoms with E-state index in [9.17, 15) is 15.3 Å². The van der Waals surface area contributed by atoms with E-state index in [1.165, 1.54) is 12.8 Å². The number of hydrogen-bond acceptors (Lipinski definition) is 6. The van der Waals surface area contributed by atoms with Gasteiger partial charge in [0.05, 0.1) is 6.61 Å². The molecule has 5 atom stereocenters. The molecular formula is C13H26O6. The summed E-state index contributed by atoms with van der Waals surface area (Å²) in [5, 5.41) is 38.1. The van der Waals surface area contributed by atoms with E-state index in [0.29, 0.717) is 6.61 Å². The minimum absolute atomic E-state index is 0.405. The maximum absolute atomic E-state index is 9.82. The second kappa shape index (κ2) is 8.84. The maximum atomic E-state index is 9.82. The van der Waals surface area contributed by atoms with Crippen molar-refractivity contribution in [3.63, 3.8) is 0 Å². The predicted octanol–water partition coefficient (Wildman–Crippen LogP) is -0.227. The molecule has 0 aromatic carbocycles. The zero-order valence-electron chi connectivity index (χ0n) is 11.4. The molecule has 1 heterocycles. The summed E-state index contributed by atoms with van der Waals surface area (Å²) in [5.41, 5.74) is 0. The van der Waals surface area contributed by atoms with E-state index >= 15 is 0 Å². The van der Waals surface area contributed by atoms with E-state index in [4.69, 9.17) is 14.6 Å². The lowest BCUT2D eigenvalue weighted by Crippen LogP contribution is -2.59. The molecule has 6 nitrogen and oxygen atoms in total. The van der Waals surface area contributed by atoms with Crippen molar-refractivity contribution in [1.82, 2.24) is 0 Å². The summed E-state index contributed by atoms with van der Waals surface area (Å²) >= 11 is 0. The standard InChI is InChI=1S/C13H26O6/c1-2-3-4-5-6-7-18-12-11(16)10(15)9(8-14)19-13(12)17/h9-17H,2-8H2,1H3/t9-,10-,11+,12-,13?/m1/s1. The Morgan fingerprint density at radius 1 is 1.00 bits per heavy atom. The summed E-state index contributed by atoms with van der Waals surface area (Å²) in [6.45, 7) is 2.09. The summed E-state index contributed by atoms with van der Waals surface area (Å²) in [6.07, 6.45) is -0.399. The summed E-state index contributed by atoms with van der Waals surface area (Å²) in [4.78, 5) is 0. The van der Waals surface area contributed by atoms with Crippen molar-refractivity contribution in [2.24, 2.45) is 0 Å². The molecule has 0 aromatic rings. The first-order valence-corrected chi connectivity index (χ1v) is 7.04. The van der Waals surface area contributed by atoms with Crippen molar-refractivity contribution in [1.29, 1.82) is 0 Å². The number of hydrogen-bond donors (Lipinski definition) is 4. The van der Waals surface area contributed by atoms with Crippen LogP contribution in [0, 0.1) is 0 Å². The molecule has 1 unspecified atom stereocenters. The summed E-state index contributed by atoms with van der Waals surface area (Å²) in [7, 11) is 0. The highest BCUT2D eigenvalue weighted by molar-refractivity contribution is 4.89. The third-order valence-electron chi connectivity index (χ3n) is 3.40. The monoisotopic (exact) mass is 278 g/mol. The minimum atomic E-state index is -1.33. The summed E-state index contributed by atoms with van der Waals surface area (Å²) in [5.74, 6) is 0. The van der Waals surface area contributed by atoms with Gasteiger partial charge in [-0.05, 0) is 6.42 Å². The van der Waals surface area contributed by atoms with Crippen molar-refractivity contribution >= 4 is 0 Å². The van der Waals surface area contributed by atoms with Crippen LogP contribution in [0.1, 0.15) is 39.0 Å². The van der Waals surface area contributed by atoms with E-state index in [1.807, 2.05) is 0 Å². The van der Waals surface area contributed by atoms with Crippen LogP contribution in [-0.4, -0.2) is 64.3 Å². The topological polar surface area (TPSA) is 99.4 Å². The lowest BCUT2D eigenvalue weighted by molar-refractivity contribution is -0.296. The summed E-state index contributed by atoms with van der Waals surface area (Å²) < 4.78 is 10.4. The van der Waals surface area contributed by atoms with Crippen molar-refractivity contribution in [2.75, 3.05) is 13.2 Å². The fraction of sp³-hybridized carbons (Fsp3) is 1.00. The van der Waals surface area contributed by atoms with Gasteiger partial charge in [-0.25, -0.2) is 0 Å². The van der Waals surface area contributed by atoms with Gasteiger partial charge in [0.2, 0.25) is 0 Å². The molecule has 0 aromatic heterocycles. The maximum Gasteiger partial charge on any atom is 0.184 e. The zero-order valence-corrected chi connectivity index (χ0v) is 11.4. The molecule has 0 saturated carbocycles. The second-order valence-electron chi connectivity index (χ2n) is 4.98. The normalized spacial score (nSPS) is 35.5. The van der Waals surface area contributed by atoms with Gasteiger partial charge in [0.1, 0.15) is 24.4 Å². The lowest BCUT2D eigenvalue weighted by Gasteiger charge is -2.39. The molecule has 6 heteroatoms. The second-order valence-corrected chi connectivity index (χ2v) is 4.98. The van der Waals surface area contributed by atoms with Crippen molar-refractivity contribution in [2.45, 2.75) is 69.7 Å². The van der Waals surface area contributed by atoms with Crippen LogP contribution in [0.25, 0.3) is 0 Å². The van der Waals surface area contributed by atoms with E-state index in [-0.39, 0.29) is 0 Å². The third-order valence-corrected chi connectivity index (χ3v) is 3.40. The molecule has 114 valence electrons. The zero-order chi connectivity index (χ0) is 14.3. The van der Waals surface area contributed by atoms with Crippen LogP contribution in [0.15, 0.2) is 0 Å². The highest BCUT2D eigenvalue weighted by atomic mass is 16.7. The van der Waals surface area contributed by atoms with Gasteiger partial charge in [-0.2, -0.15) is 0 Å². The van der Waals surface area contributed by atoms with Gasteiger partial charge in [0.25, 0.3) is 0 Å². The predicted molar refractivity (Wildman–Crippen MR) is 68.5 cm³/mol. The quantitative estimate of drug-likeness (QED) is 0.458. The molecule has 1 fully saturated rings. The van der Waals surface area contributed by atoms with Gasteiger partial charge in [-0.15, -0.1) is 0 Å². The molecule has 0 bridgehead atoms. The first kappa shape index (κ1) is 16.8. The fourth-order valence-electron chi connectivity index (χ4n) is 2.18. The Balaban J connectivity index is 2.28. The average molecular weight is 278 g/mol. The number of ether oxygens (including phenoxy) is 2. The van der Waals surface area contributed by atoms with Gasteiger partial charge in [0.15, 0.2) is 6.29 Å². The van der Waals surface area contributed by atoms with Gasteiger partial charge in [0, 0.05) is 6.61 Å². The smallest absolute Gasteiger partial charge is 0.184 e. The van der Waals surface area contributed by atoms with Gasteiger partial charge < -0.3 is 29.9 Å². The molecule has 4 N–H and O–H groups in total. The molecule has 19 heavy (non-hydrogen) atoms. The van der Waals surface area contributed by atoms with Crippen LogP contribution in [0.3, 0.4) is 0 Å². The van der Waals surface area contributed by atoms with Gasteiger partial charge in [-0.1, -0.05) is 32.6 Å². The van der Waals surface area contributed by atoms with Gasteiger partial charge >= 0.3 is 0 Å². The first-order chi connectivity index (χ1) is 9.11. The largest absolute Gasteiger partial charge is 0.394 e. The Morgan fingerprint density at radius 3 is 2.32 bits per heavy atom. The highest BCUT2D eigenvalue weighted by Gasteiger charge is 2.44. The van der Waals surface area contributed by atoms with Crippen LogP contribution >= 0.6 is 0 Å². The van der Waals surface area contributed by atoms with Crippen molar-refractivity contribution in [3.05, 3.63) is 0 Å². The van der Waals surface area contributed by atoms with E-state index in [0.717, 1.165) is 19.3 Å². The van der Waals surface area contributed by atoms with Crippen LogP contribution in [0.2, 0.25) is 0 Å². The highest BCUT2D eigenvalue weighted by Crippen LogP contribution is 2.22. The average Bonchev–Trinajstić information content (AvgIpc) is 2.41. The van der Waals surface area contributed by atoms with Crippen LogP contribution < -0.4 is 0 Å². The number of rotatable bonds is 8. The molecule has 0 amide bonds. The van der Waals surface area contributed by atoms with E-state index in [1.54, 1.807) is 0 Å². The fourth-order valence-corrected chi connectivity index (χ4v) is 2.18. The Morgan fingerprint density at radius 2 is 1.68 bits per heavy atom. The van der Waals surface area contributed by atoms with Crippen LogP contribution in [0.5, 0.6) is 0 Å². The molecular weight excluding hydrogens is 252 g/mol. The Labute approximate surface area is 114 Å². The molecule has 0 spiro atoms. The van der Waals surface area contributed by atoms with Crippen molar-refractivity contribution < 1.29 is 29.9 Å². The molecule has 1 aliphatic rings. The SMILES string of the molecule is CCCCCCCO[C@H]1C(O)O[C@H](CO)[C@@H](O)[C@@H]1O. The molecule has 1 aliphatic heterocycles. The van der Waals surface area contributed by atoms with Crippen LogP contribution in [0.4, 0.5) is 0 Å². The Hall–Kier alpha value is -0.240. The molecule has 1 saturated heterocycles. The van der Waals surface area contributed by atoms with E-state index < -0.39 is 37.3 Å². The van der Waals surface area contributed by atoms with E-state index in [2.05, 4.69) is 6.92 Å². The molecule has 0 aliphatic carbocycles. The molecule has 0 radical (unpaired) electrons. The number of aliphatic hydroxyl groups is 4. The summed E-state index contributed by atoms with van der Waals surface area (Å²) in [6, 6.07) is 0. The first-order valence-electron chi connectivity index (χ1n) is 7.04. The number of unbranched alkanes of at least 4 members (excludes halogenated alkanes) is 4. The minimum Gasteiger partial charge on any atom is -0.394 e. The van der Waals surface area contributed by atoms with Crippen molar-refractivity contribution in [3.8, 4) is 0 Å². The molecule has 1 rings (SSSR count). The Kier molecular flexibility index (Phi) is 7.82. The Bertz CT molecular complexity index is 237. The van der Waals surface area contributed by atoms with Gasteiger partial charge in [-0.3, -0.25) is 0 Å². The number of aliphatic hydroxyl groups excluding tert-OH is 4. The van der Waals surface area contributed by atoms with Crippen LogP contribution in [-0.2, 0) is 9.47 Å². The third kappa shape index (κ3) is 4.98.